The number of nitrogens with one attached hydrogen (secondary N) is 1. The molecule has 0 unspecified atom stereocenters. The molecule has 0 aliphatic carbocycles. The van der Waals surface area contributed by atoms with Crippen molar-refractivity contribution in [3.8, 4) is 5.75 Å². The van der Waals surface area contributed by atoms with Gasteiger partial charge in [0.15, 0.2) is 0 Å². The molecule has 1 aromatic heterocycles. The molecule has 6 heteroatoms. The Hall–Kier alpha value is -2.89. The zero-order valence-electron chi connectivity index (χ0n) is 11.6. The first-order chi connectivity index (χ1) is 10.0. The van der Waals surface area contributed by atoms with Crippen LogP contribution in [0.2, 0.25) is 0 Å². The minimum atomic E-state index is -1.10. The largest absolute Gasteiger partial charge is 0.494 e. The molecule has 2 N–H and O–H groups in total. The summed E-state index contributed by atoms with van der Waals surface area (Å²) in [5.74, 6) is -1.23. The van der Waals surface area contributed by atoms with Crippen molar-refractivity contribution in [1.29, 1.82) is 0 Å². The Labute approximate surface area is 121 Å². The maximum Gasteiger partial charge on any atom is 0.337 e. The Morgan fingerprint density at radius 3 is 2.67 bits per heavy atom. The molecule has 0 radical (unpaired) electrons. The number of rotatable bonds is 4. The molecule has 2 rings (SSSR count). The van der Waals surface area contributed by atoms with Crippen LogP contribution in [0.3, 0.4) is 0 Å². The van der Waals surface area contributed by atoms with Crippen LogP contribution in [-0.4, -0.2) is 29.1 Å². The molecule has 2 aromatic rings. The van der Waals surface area contributed by atoms with E-state index in [4.69, 9.17) is 4.74 Å². The number of aryl methyl sites for hydroxylation is 1. The summed E-state index contributed by atoms with van der Waals surface area (Å²) in [6.45, 7) is 1.73. The predicted molar refractivity (Wildman–Crippen MR) is 76.9 cm³/mol. The summed E-state index contributed by atoms with van der Waals surface area (Å²) in [7, 11) is 1.43. The lowest BCUT2D eigenvalue weighted by Gasteiger charge is -2.12. The molecule has 0 aliphatic heterocycles. The summed E-state index contributed by atoms with van der Waals surface area (Å²) in [5, 5.41) is 11.8. The zero-order valence-corrected chi connectivity index (χ0v) is 11.6. The number of ether oxygens (including phenoxy) is 1. The van der Waals surface area contributed by atoms with E-state index in [0.717, 1.165) is 0 Å². The number of pyridine rings is 1. The van der Waals surface area contributed by atoms with Gasteiger partial charge in [0.25, 0.3) is 5.91 Å². The number of benzene rings is 1. The number of carboxylic acids is 1. The van der Waals surface area contributed by atoms with Gasteiger partial charge in [-0.1, -0.05) is 12.1 Å². The Morgan fingerprint density at radius 2 is 2.00 bits per heavy atom. The molecule has 1 amide bonds. The van der Waals surface area contributed by atoms with E-state index in [0.29, 0.717) is 11.3 Å². The number of hydrogen-bond acceptors (Lipinski definition) is 4. The molecular weight excluding hydrogens is 272 g/mol. The molecule has 0 bridgehead atoms. The SMILES string of the molecule is COc1cnccc1C(=O)Nc1c(C)cccc1C(=O)O. The van der Waals surface area contributed by atoms with Crippen LogP contribution >= 0.6 is 0 Å². The smallest absolute Gasteiger partial charge is 0.337 e. The van der Waals surface area contributed by atoms with E-state index in [-0.39, 0.29) is 16.8 Å². The summed E-state index contributed by atoms with van der Waals surface area (Å²) in [5.41, 5.74) is 1.26. The molecule has 0 aliphatic rings. The third-order valence-corrected chi connectivity index (χ3v) is 2.99. The van der Waals surface area contributed by atoms with Gasteiger partial charge in [-0.15, -0.1) is 0 Å². The van der Waals surface area contributed by atoms with Crippen molar-refractivity contribution < 1.29 is 19.4 Å². The maximum absolute atomic E-state index is 12.3. The van der Waals surface area contributed by atoms with Gasteiger partial charge < -0.3 is 15.2 Å². The van der Waals surface area contributed by atoms with Crippen molar-refractivity contribution in [2.24, 2.45) is 0 Å². The summed E-state index contributed by atoms with van der Waals surface area (Å²) in [4.78, 5) is 27.4. The third kappa shape index (κ3) is 3.00. The Balaban J connectivity index is 2.38. The number of nitrogens with zero attached hydrogens (tertiary/aromatic N) is 1. The average Bonchev–Trinajstić information content (AvgIpc) is 2.48. The van der Waals surface area contributed by atoms with Gasteiger partial charge in [-0.3, -0.25) is 9.78 Å². The third-order valence-electron chi connectivity index (χ3n) is 2.99. The summed E-state index contributed by atoms with van der Waals surface area (Å²) in [6, 6.07) is 6.30. The van der Waals surface area contributed by atoms with Crippen molar-refractivity contribution in [3.63, 3.8) is 0 Å². The number of carbonyl (C=O) groups is 2. The second-order valence-electron chi connectivity index (χ2n) is 4.33. The summed E-state index contributed by atoms with van der Waals surface area (Å²) < 4.78 is 5.07. The van der Waals surface area contributed by atoms with Gasteiger partial charge in [0.2, 0.25) is 0 Å². The lowest BCUT2D eigenvalue weighted by Crippen LogP contribution is -2.16. The van der Waals surface area contributed by atoms with Crippen molar-refractivity contribution in [2.45, 2.75) is 6.92 Å². The number of anilines is 1. The normalized spacial score (nSPS) is 10.0. The zero-order chi connectivity index (χ0) is 15.4. The van der Waals surface area contributed by atoms with Crippen LogP contribution in [0.15, 0.2) is 36.7 Å². The van der Waals surface area contributed by atoms with Crippen LogP contribution in [0.25, 0.3) is 0 Å². The van der Waals surface area contributed by atoms with Crippen LogP contribution in [0, 0.1) is 6.92 Å². The number of hydrogen-bond donors (Lipinski definition) is 2. The van der Waals surface area contributed by atoms with E-state index in [1.807, 2.05) is 0 Å². The molecule has 6 nitrogen and oxygen atoms in total. The van der Waals surface area contributed by atoms with E-state index in [1.54, 1.807) is 19.1 Å². The number of carboxylic acid groups (broad SMARTS) is 1. The monoisotopic (exact) mass is 286 g/mol. The molecule has 1 heterocycles. The van der Waals surface area contributed by atoms with Crippen LogP contribution < -0.4 is 10.1 Å². The Bertz CT molecular complexity index is 698. The van der Waals surface area contributed by atoms with Crippen LogP contribution in [-0.2, 0) is 0 Å². The first-order valence-corrected chi connectivity index (χ1v) is 6.17. The number of para-hydroxylation sites is 1. The molecule has 0 spiro atoms. The van der Waals surface area contributed by atoms with Gasteiger partial charge >= 0.3 is 5.97 Å². The first-order valence-electron chi connectivity index (χ1n) is 6.17. The number of carbonyl (C=O) groups excluding carboxylic acids is 1. The van der Waals surface area contributed by atoms with Gasteiger partial charge in [0.05, 0.1) is 30.1 Å². The van der Waals surface area contributed by atoms with Crippen LogP contribution in [0.1, 0.15) is 26.3 Å². The van der Waals surface area contributed by atoms with E-state index in [2.05, 4.69) is 10.3 Å². The van der Waals surface area contributed by atoms with Crippen molar-refractivity contribution >= 4 is 17.6 Å². The highest BCUT2D eigenvalue weighted by Gasteiger charge is 2.17. The van der Waals surface area contributed by atoms with E-state index < -0.39 is 11.9 Å². The minimum absolute atomic E-state index is 0.0383. The molecule has 108 valence electrons. The second kappa shape index (κ2) is 6.04. The van der Waals surface area contributed by atoms with Gasteiger partial charge in [0.1, 0.15) is 5.75 Å². The highest BCUT2D eigenvalue weighted by Crippen LogP contribution is 2.23. The highest BCUT2D eigenvalue weighted by atomic mass is 16.5. The fourth-order valence-electron chi connectivity index (χ4n) is 1.92. The second-order valence-corrected chi connectivity index (χ2v) is 4.33. The van der Waals surface area contributed by atoms with Gasteiger partial charge in [-0.05, 0) is 24.6 Å². The molecule has 0 fully saturated rings. The molecule has 0 saturated carbocycles. The van der Waals surface area contributed by atoms with Gasteiger partial charge in [-0.25, -0.2) is 4.79 Å². The lowest BCUT2D eigenvalue weighted by atomic mass is 10.1. The van der Waals surface area contributed by atoms with Crippen LogP contribution in [0.5, 0.6) is 5.75 Å². The Kier molecular flexibility index (Phi) is 4.18. The van der Waals surface area contributed by atoms with E-state index in [9.17, 15) is 14.7 Å². The van der Waals surface area contributed by atoms with Gasteiger partial charge in [0, 0.05) is 6.20 Å². The predicted octanol–water partition coefficient (Wildman–Crippen LogP) is 2.35. The number of amides is 1. The average molecular weight is 286 g/mol. The van der Waals surface area contributed by atoms with Crippen LogP contribution in [0.4, 0.5) is 5.69 Å². The van der Waals surface area contributed by atoms with E-state index in [1.165, 1.54) is 31.6 Å². The number of aromatic nitrogens is 1. The van der Waals surface area contributed by atoms with Gasteiger partial charge in [-0.2, -0.15) is 0 Å². The highest BCUT2D eigenvalue weighted by molar-refractivity contribution is 6.09. The van der Waals surface area contributed by atoms with Crippen molar-refractivity contribution in [2.75, 3.05) is 12.4 Å². The first kappa shape index (κ1) is 14.5. The van der Waals surface area contributed by atoms with Crippen molar-refractivity contribution in [1.82, 2.24) is 4.98 Å². The fourth-order valence-corrected chi connectivity index (χ4v) is 1.92. The lowest BCUT2D eigenvalue weighted by molar-refractivity contribution is 0.0698. The molecule has 21 heavy (non-hydrogen) atoms. The quantitative estimate of drug-likeness (QED) is 0.900. The minimum Gasteiger partial charge on any atom is -0.494 e. The van der Waals surface area contributed by atoms with Crippen molar-refractivity contribution in [3.05, 3.63) is 53.3 Å². The standard InChI is InChI=1S/C15H14N2O4/c1-9-4-3-5-11(15(19)20)13(9)17-14(18)10-6-7-16-8-12(10)21-2/h3-8H,1-2H3,(H,17,18)(H,19,20). The molecular formula is C15H14N2O4. The fraction of sp³-hybridized carbons (Fsp3) is 0.133. The summed E-state index contributed by atoms with van der Waals surface area (Å²) >= 11 is 0. The van der Waals surface area contributed by atoms with E-state index >= 15 is 0 Å². The molecule has 1 aromatic carbocycles. The topological polar surface area (TPSA) is 88.5 Å². The molecule has 0 saturated heterocycles. The maximum atomic E-state index is 12.3. The Morgan fingerprint density at radius 1 is 1.24 bits per heavy atom. The molecule has 0 atom stereocenters. The summed E-state index contributed by atoms with van der Waals surface area (Å²) in [6.07, 6.45) is 2.89. The number of methoxy groups -OCH3 is 1. The number of aromatic carboxylic acids is 1.